The highest BCUT2D eigenvalue weighted by Crippen LogP contribution is 2.56. The van der Waals surface area contributed by atoms with Gasteiger partial charge in [-0.05, 0) is 63.1 Å². The average molecular weight is 670 g/mol. The summed E-state index contributed by atoms with van der Waals surface area (Å²) in [7, 11) is 1.72. The molecule has 0 saturated carbocycles. The maximum Gasteiger partial charge on any atom is 0.313 e. The van der Waals surface area contributed by atoms with E-state index in [1.807, 2.05) is 87.5 Å². The van der Waals surface area contributed by atoms with Crippen molar-refractivity contribution in [1.29, 1.82) is 0 Å². The number of likely N-dealkylation sites (N-methyl/N-ethyl adjacent to an activating group) is 1. The van der Waals surface area contributed by atoms with Crippen molar-refractivity contribution >= 4 is 29.4 Å². The summed E-state index contributed by atoms with van der Waals surface area (Å²) in [5.74, 6) is -3.24. The van der Waals surface area contributed by atoms with Crippen molar-refractivity contribution < 1.29 is 33.8 Å². The number of cyclic esters (lactones) is 1. The first kappa shape index (κ1) is 34.6. The van der Waals surface area contributed by atoms with E-state index in [9.17, 15) is 19.5 Å². The molecular weight excluding hydrogens is 622 g/mol. The van der Waals surface area contributed by atoms with Crippen LogP contribution in [-0.4, -0.2) is 89.1 Å². The van der Waals surface area contributed by atoms with Crippen LogP contribution in [0.25, 0.3) is 0 Å². The molecule has 4 heterocycles. The summed E-state index contributed by atoms with van der Waals surface area (Å²) in [5, 5.41) is 9.41. The third kappa shape index (κ3) is 6.21. The Bertz CT molecular complexity index is 1620. The highest BCUT2D eigenvalue weighted by molar-refractivity contribution is 6.06. The van der Waals surface area contributed by atoms with Crippen molar-refractivity contribution in [3.05, 3.63) is 89.5 Å². The second kappa shape index (κ2) is 14.3. The molecule has 0 unspecified atom stereocenters. The molecule has 10 nitrogen and oxygen atoms in total. The number of hydrogen-bond acceptors (Lipinski definition) is 7. The fourth-order valence-electron chi connectivity index (χ4n) is 8.10. The van der Waals surface area contributed by atoms with Gasteiger partial charge in [-0.2, -0.15) is 0 Å². The molecule has 2 aromatic rings. The van der Waals surface area contributed by atoms with Crippen molar-refractivity contribution in [3.63, 3.8) is 0 Å². The highest BCUT2D eigenvalue weighted by Gasteiger charge is 2.73. The average Bonchev–Trinajstić information content (AvgIpc) is 3.74. The number of allylic oxidation sites excluding steroid dienone is 1. The fraction of sp³-hybridized carbons (Fsp3) is 0.487. The third-order valence-electron chi connectivity index (χ3n) is 10.7. The number of carbonyl (C=O) groups is 4. The molecule has 49 heavy (non-hydrogen) atoms. The summed E-state index contributed by atoms with van der Waals surface area (Å²) in [6, 6.07) is 13.7. The van der Waals surface area contributed by atoms with E-state index in [2.05, 4.69) is 0 Å². The number of likely N-dealkylation sites (tertiary alicyclic amines) is 1. The number of aryl methyl sites for hydroxylation is 2. The number of amides is 3. The number of fused-ring (bicyclic) bond motifs is 2. The lowest BCUT2D eigenvalue weighted by molar-refractivity contribution is -0.164. The first-order valence-electron chi connectivity index (χ1n) is 17.4. The monoisotopic (exact) mass is 669 g/mol. The van der Waals surface area contributed by atoms with E-state index in [1.165, 1.54) is 0 Å². The van der Waals surface area contributed by atoms with E-state index >= 15 is 4.79 Å². The number of hydrogen-bond donors (Lipinski definition) is 1. The molecule has 1 spiro atoms. The van der Waals surface area contributed by atoms with E-state index in [0.717, 1.165) is 22.4 Å². The lowest BCUT2D eigenvalue weighted by Gasteiger charge is -2.36. The molecule has 260 valence electrons. The van der Waals surface area contributed by atoms with Gasteiger partial charge in [-0.15, -0.1) is 0 Å². The predicted molar refractivity (Wildman–Crippen MR) is 184 cm³/mol. The zero-order valence-corrected chi connectivity index (χ0v) is 28.8. The van der Waals surface area contributed by atoms with Crippen LogP contribution >= 0.6 is 0 Å². The van der Waals surface area contributed by atoms with Gasteiger partial charge in [0.05, 0.1) is 18.1 Å². The molecule has 7 atom stereocenters. The zero-order chi connectivity index (χ0) is 34.9. The summed E-state index contributed by atoms with van der Waals surface area (Å²) in [5.41, 5.74) is 1.95. The molecule has 0 aliphatic carbocycles. The first-order chi connectivity index (χ1) is 23.6. The van der Waals surface area contributed by atoms with Crippen LogP contribution in [-0.2, 0) is 28.7 Å². The Morgan fingerprint density at radius 1 is 0.918 bits per heavy atom. The molecule has 3 amide bonds. The van der Waals surface area contributed by atoms with Crippen LogP contribution < -0.4 is 4.90 Å². The summed E-state index contributed by atoms with van der Waals surface area (Å²) < 4.78 is 12.9. The van der Waals surface area contributed by atoms with Crippen molar-refractivity contribution in [2.75, 3.05) is 31.6 Å². The van der Waals surface area contributed by atoms with Crippen molar-refractivity contribution in [2.24, 2.45) is 11.8 Å². The van der Waals surface area contributed by atoms with Crippen LogP contribution in [0.15, 0.2) is 72.8 Å². The topological polar surface area (TPSA) is 117 Å². The van der Waals surface area contributed by atoms with E-state index in [-0.39, 0.29) is 43.8 Å². The highest BCUT2D eigenvalue weighted by atomic mass is 16.6. The van der Waals surface area contributed by atoms with E-state index in [1.54, 1.807) is 27.8 Å². The summed E-state index contributed by atoms with van der Waals surface area (Å²) in [6.07, 6.45) is 8.43. The molecule has 6 rings (SSSR count). The van der Waals surface area contributed by atoms with Crippen LogP contribution in [0.5, 0.6) is 0 Å². The molecule has 2 aromatic carbocycles. The SMILES string of the molecule is Cc1cccc(C)c1N1C/C=C\CCC(=O)N(C)[C@H](C)[C@@H](c2ccccc2)OC(=O)[C@@H]2[C@@H]3C=C[C@]4(O3)[C@H](C1=O)N(CCCCCO)C(=O)[C@@H]24. The number of nitrogens with zero attached hydrogens (tertiary/aromatic N) is 3. The Morgan fingerprint density at radius 3 is 2.37 bits per heavy atom. The number of unbranched alkanes of at least 4 members (excludes halogenated alkanes) is 2. The maximum absolute atomic E-state index is 15.1. The molecule has 2 saturated heterocycles. The maximum atomic E-state index is 15.1. The molecule has 5 bridgehead atoms. The van der Waals surface area contributed by atoms with Crippen LogP contribution in [0.3, 0.4) is 0 Å². The van der Waals surface area contributed by atoms with Gasteiger partial charge in [0.2, 0.25) is 11.8 Å². The van der Waals surface area contributed by atoms with E-state index in [0.29, 0.717) is 25.7 Å². The van der Waals surface area contributed by atoms with Crippen LogP contribution in [0.2, 0.25) is 0 Å². The largest absolute Gasteiger partial charge is 0.455 e. The number of benzene rings is 2. The van der Waals surface area contributed by atoms with Crippen molar-refractivity contribution in [3.8, 4) is 0 Å². The zero-order valence-electron chi connectivity index (χ0n) is 28.8. The van der Waals surface area contributed by atoms with Gasteiger partial charge in [0.15, 0.2) is 0 Å². The lowest BCUT2D eigenvalue weighted by atomic mass is 9.74. The Balaban J connectivity index is 1.46. The van der Waals surface area contributed by atoms with Gasteiger partial charge in [-0.3, -0.25) is 19.2 Å². The van der Waals surface area contributed by atoms with Crippen molar-refractivity contribution in [2.45, 2.75) is 82.8 Å². The van der Waals surface area contributed by atoms with Gasteiger partial charge < -0.3 is 29.3 Å². The van der Waals surface area contributed by atoms with Gasteiger partial charge in [0.1, 0.15) is 23.7 Å². The Hall–Kier alpha value is -4.28. The fourth-order valence-corrected chi connectivity index (χ4v) is 8.10. The standard InChI is InChI=1S/C39H47N3O7/c1-25-15-14-16-26(2)33(25)41-22-11-6-10-19-30(44)40(4)27(3)34(28-17-8-5-9-18-28)48-38(47)31-29-20-21-39(49-29)32(31)36(45)42(35(39)37(41)46)23-12-7-13-24-43/h5-6,8-9,11,14-18,20-21,27,29,31-32,34-35,43H,7,10,12-13,19,22-24H2,1-4H3/b11-6-/t27-,29+,31-,32-,34+,35+,39-/m1/s1. The van der Waals surface area contributed by atoms with Gasteiger partial charge >= 0.3 is 5.97 Å². The van der Waals surface area contributed by atoms with E-state index < -0.39 is 47.7 Å². The van der Waals surface area contributed by atoms with E-state index in [4.69, 9.17) is 9.47 Å². The summed E-state index contributed by atoms with van der Waals surface area (Å²) >= 11 is 0. The first-order valence-corrected chi connectivity index (χ1v) is 17.4. The molecule has 0 radical (unpaired) electrons. The summed E-state index contributed by atoms with van der Waals surface area (Å²) in [6.45, 7) is 6.32. The lowest BCUT2D eigenvalue weighted by Crippen LogP contribution is -2.56. The van der Waals surface area contributed by atoms with Crippen LogP contribution in [0.1, 0.15) is 61.8 Å². The quantitative estimate of drug-likeness (QED) is 0.264. The third-order valence-corrected chi connectivity index (χ3v) is 10.7. The molecule has 4 aliphatic heterocycles. The summed E-state index contributed by atoms with van der Waals surface area (Å²) in [4.78, 5) is 62.4. The number of anilines is 1. The van der Waals surface area contributed by atoms with Gasteiger partial charge in [0, 0.05) is 38.9 Å². The molecule has 10 heteroatoms. The smallest absolute Gasteiger partial charge is 0.313 e. The molecular formula is C39H47N3O7. The molecule has 1 N–H and O–H groups in total. The minimum atomic E-state index is -1.35. The molecule has 4 aliphatic rings. The molecule has 2 fully saturated rings. The number of carbonyl (C=O) groups excluding carboxylic acids is 4. The van der Waals surface area contributed by atoms with Crippen molar-refractivity contribution in [1.82, 2.24) is 9.80 Å². The number of aliphatic hydroxyl groups excluding tert-OH is 1. The minimum Gasteiger partial charge on any atom is -0.455 e. The number of esters is 1. The number of rotatable bonds is 7. The normalized spacial score (nSPS) is 31.0. The minimum absolute atomic E-state index is 0.0405. The van der Waals surface area contributed by atoms with Crippen LogP contribution in [0.4, 0.5) is 5.69 Å². The van der Waals surface area contributed by atoms with Gasteiger partial charge in [-0.1, -0.05) is 72.8 Å². The Labute approximate surface area is 288 Å². The number of aliphatic hydroxyl groups is 1. The second-order valence-corrected chi connectivity index (χ2v) is 13.7. The molecule has 0 aromatic heterocycles. The number of para-hydroxylation sites is 1. The van der Waals surface area contributed by atoms with Crippen LogP contribution in [0, 0.1) is 25.7 Å². The van der Waals surface area contributed by atoms with Gasteiger partial charge in [-0.25, -0.2) is 0 Å². The van der Waals surface area contributed by atoms with Gasteiger partial charge in [0.25, 0.3) is 5.91 Å². The number of ether oxygens (including phenoxy) is 2. The predicted octanol–water partition coefficient (Wildman–Crippen LogP) is 4.43. The Morgan fingerprint density at radius 2 is 1.65 bits per heavy atom. The second-order valence-electron chi connectivity index (χ2n) is 13.7. The Kier molecular flexibility index (Phi) is 10.1.